The number of allylic oxidation sites excluding steroid dienone is 2. The van der Waals surface area contributed by atoms with E-state index in [1.165, 1.54) is 0 Å². The lowest BCUT2D eigenvalue weighted by molar-refractivity contribution is -0.138. The zero-order valence-electron chi connectivity index (χ0n) is 12.4. The van der Waals surface area contributed by atoms with Crippen LogP contribution in [0.2, 0.25) is 0 Å². The first-order valence-electron chi connectivity index (χ1n) is 6.85. The number of halogens is 1. The number of hydrogen-bond acceptors (Lipinski definition) is 3. The quantitative estimate of drug-likeness (QED) is 0.636. The molecule has 0 saturated heterocycles. The molecule has 0 radical (unpaired) electrons. The van der Waals surface area contributed by atoms with Gasteiger partial charge in [-0.1, -0.05) is 40.2 Å². The summed E-state index contributed by atoms with van der Waals surface area (Å²) in [5.74, 6) is -0.448. The van der Waals surface area contributed by atoms with E-state index in [1.54, 1.807) is 13.0 Å². The highest BCUT2D eigenvalue weighted by molar-refractivity contribution is 9.10. The van der Waals surface area contributed by atoms with Crippen LogP contribution in [0.15, 0.2) is 52.2 Å². The number of urea groups is 1. The van der Waals surface area contributed by atoms with E-state index in [2.05, 4.69) is 26.6 Å². The van der Waals surface area contributed by atoms with E-state index in [4.69, 9.17) is 4.74 Å². The molecule has 0 fully saturated rings. The van der Waals surface area contributed by atoms with Crippen LogP contribution >= 0.6 is 15.9 Å². The second-order valence-electron chi connectivity index (χ2n) is 4.79. The van der Waals surface area contributed by atoms with E-state index in [0.29, 0.717) is 11.3 Å². The third kappa shape index (κ3) is 3.76. The highest BCUT2D eigenvalue weighted by atomic mass is 79.9. The molecule has 5 nitrogen and oxygen atoms in total. The maximum Gasteiger partial charge on any atom is 0.338 e. The van der Waals surface area contributed by atoms with Crippen molar-refractivity contribution in [2.24, 2.45) is 0 Å². The van der Waals surface area contributed by atoms with E-state index in [1.807, 2.05) is 37.3 Å². The molecule has 2 N–H and O–H groups in total. The van der Waals surface area contributed by atoms with Crippen LogP contribution in [-0.2, 0) is 9.53 Å². The molecule has 1 aromatic rings. The Bertz CT molecular complexity index is 635. The van der Waals surface area contributed by atoms with Gasteiger partial charge in [-0.15, -0.1) is 0 Å². The van der Waals surface area contributed by atoms with Gasteiger partial charge in [0.15, 0.2) is 0 Å². The van der Waals surface area contributed by atoms with Gasteiger partial charge in [-0.2, -0.15) is 0 Å². The highest BCUT2D eigenvalue weighted by Gasteiger charge is 2.31. The van der Waals surface area contributed by atoms with Crippen LogP contribution < -0.4 is 10.6 Å². The molecule has 2 amide bonds. The average Bonchev–Trinajstić information content (AvgIpc) is 2.47. The highest BCUT2D eigenvalue weighted by Crippen LogP contribution is 2.28. The van der Waals surface area contributed by atoms with Crippen LogP contribution in [0.4, 0.5) is 4.79 Å². The third-order valence-electron chi connectivity index (χ3n) is 3.24. The Morgan fingerprint density at radius 2 is 2.05 bits per heavy atom. The van der Waals surface area contributed by atoms with Crippen molar-refractivity contribution in [3.8, 4) is 0 Å². The minimum atomic E-state index is -0.528. The van der Waals surface area contributed by atoms with E-state index in [9.17, 15) is 9.59 Å². The molecule has 1 aliphatic heterocycles. The van der Waals surface area contributed by atoms with Crippen LogP contribution in [0.25, 0.3) is 0 Å². The third-order valence-corrected chi connectivity index (χ3v) is 3.77. The van der Waals surface area contributed by atoms with Gasteiger partial charge in [-0.3, -0.25) is 0 Å². The first kappa shape index (κ1) is 16.3. The largest absolute Gasteiger partial charge is 0.458 e. The molecule has 116 valence electrons. The summed E-state index contributed by atoms with van der Waals surface area (Å²) < 4.78 is 6.14. The van der Waals surface area contributed by atoms with Crippen LogP contribution in [0.1, 0.15) is 25.5 Å². The zero-order chi connectivity index (χ0) is 16.1. The topological polar surface area (TPSA) is 67.4 Å². The SMILES string of the molecule is C/C=C/COC(=O)C1=C(C)NC(=O)N[C@@H]1c1ccc(Br)cc1. The van der Waals surface area contributed by atoms with Gasteiger partial charge in [-0.05, 0) is 31.5 Å². The number of hydrogen-bond donors (Lipinski definition) is 2. The molecular weight excluding hydrogens is 348 g/mol. The number of nitrogens with one attached hydrogen (secondary N) is 2. The van der Waals surface area contributed by atoms with Crippen molar-refractivity contribution in [1.82, 2.24) is 10.6 Å². The lowest BCUT2D eigenvalue weighted by Crippen LogP contribution is -2.45. The summed E-state index contributed by atoms with van der Waals surface area (Å²) in [5, 5.41) is 5.38. The van der Waals surface area contributed by atoms with Gasteiger partial charge >= 0.3 is 12.0 Å². The van der Waals surface area contributed by atoms with Crippen LogP contribution in [0.5, 0.6) is 0 Å². The number of carbonyl (C=O) groups excluding carboxylic acids is 2. The number of carbonyl (C=O) groups is 2. The minimum absolute atomic E-state index is 0.202. The summed E-state index contributed by atoms with van der Waals surface area (Å²) in [5.41, 5.74) is 1.73. The molecule has 0 saturated carbocycles. The van der Waals surface area contributed by atoms with Gasteiger partial charge in [0, 0.05) is 10.2 Å². The molecule has 1 atom stereocenters. The van der Waals surface area contributed by atoms with Gasteiger partial charge in [0.1, 0.15) is 6.61 Å². The second kappa shape index (κ2) is 7.26. The Labute approximate surface area is 137 Å². The molecule has 0 bridgehead atoms. The molecule has 1 heterocycles. The Kier molecular flexibility index (Phi) is 5.38. The minimum Gasteiger partial charge on any atom is -0.458 e. The Morgan fingerprint density at radius 3 is 2.68 bits per heavy atom. The number of rotatable bonds is 4. The molecule has 2 rings (SSSR count). The predicted molar refractivity (Wildman–Crippen MR) is 87.0 cm³/mol. The smallest absolute Gasteiger partial charge is 0.338 e. The van der Waals surface area contributed by atoms with Crippen LogP contribution in [0, 0.1) is 0 Å². The standard InChI is InChI=1S/C16H17BrN2O3/c1-3-4-9-22-15(20)13-10(2)18-16(21)19-14(13)11-5-7-12(17)8-6-11/h3-8,14H,9H2,1-2H3,(H2,18,19,21)/b4-3+/t14-/m1/s1. The van der Waals surface area contributed by atoms with Gasteiger partial charge in [0.25, 0.3) is 0 Å². The predicted octanol–water partition coefficient (Wildman–Crippen LogP) is 3.20. The molecule has 0 aromatic heterocycles. The summed E-state index contributed by atoms with van der Waals surface area (Å²) >= 11 is 3.37. The van der Waals surface area contributed by atoms with Crippen LogP contribution in [-0.4, -0.2) is 18.6 Å². The van der Waals surface area contributed by atoms with Crippen molar-refractivity contribution in [2.75, 3.05) is 6.61 Å². The van der Waals surface area contributed by atoms with Gasteiger partial charge in [0.2, 0.25) is 0 Å². The van der Waals surface area contributed by atoms with Gasteiger partial charge < -0.3 is 15.4 Å². The normalized spacial score (nSPS) is 18.1. The fraction of sp³-hybridized carbons (Fsp3) is 0.250. The summed E-state index contributed by atoms with van der Waals surface area (Å²) in [6.07, 6.45) is 3.55. The summed E-state index contributed by atoms with van der Waals surface area (Å²) in [6, 6.07) is 6.57. The summed E-state index contributed by atoms with van der Waals surface area (Å²) in [7, 11) is 0. The first-order valence-corrected chi connectivity index (χ1v) is 7.64. The number of benzene rings is 1. The Hall–Kier alpha value is -2.08. The van der Waals surface area contributed by atoms with Crippen molar-refractivity contribution < 1.29 is 14.3 Å². The summed E-state index contributed by atoms with van der Waals surface area (Å²) in [6.45, 7) is 3.75. The van der Waals surface area contributed by atoms with E-state index >= 15 is 0 Å². The van der Waals surface area contributed by atoms with Crippen molar-refractivity contribution in [2.45, 2.75) is 19.9 Å². The maximum atomic E-state index is 12.3. The monoisotopic (exact) mass is 364 g/mol. The molecule has 0 spiro atoms. The lowest BCUT2D eigenvalue weighted by Gasteiger charge is -2.28. The average molecular weight is 365 g/mol. The maximum absolute atomic E-state index is 12.3. The Balaban J connectivity index is 2.32. The molecule has 0 unspecified atom stereocenters. The lowest BCUT2D eigenvalue weighted by atomic mass is 9.96. The number of amides is 2. The van der Waals surface area contributed by atoms with Crippen molar-refractivity contribution >= 4 is 27.9 Å². The number of esters is 1. The second-order valence-corrected chi connectivity index (χ2v) is 5.70. The van der Waals surface area contributed by atoms with Crippen molar-refractivity contribution in [1.29, 1.82) is 0 Å². The van der Waals surface area contributed by atoms with E-state index in [-0.39, 0.29) is 12.6 Å². The van der Waals surface area contributed by atoms with Gasteiger partial charge in [-0.25, -0.2) is 9.59 Å². The fourth-order valence-electron chi connectivity index (χ4n) is 2.17. The zero-order valence-corrected chi connectivity index (χ0v) is 13.9. The van der Waals surface area contributed by atoms with E-state index < -0.39 is 12.0 Å². The molecule has 1 aliphatic rings. The number of ether oxygens (including phenoxy) is 1. The molecule has 6 heteroatoms. The molecule has 22 heavy (non-hydrogen) atoms. The fourth-order valence-corrected chi connectivity index (χ4v) is 2.43. The van der Waals surface area contributed by atoms with Gasteiger partial charge in [0.05, 0.1) is 11.6 Å². The van der Waals surface area contributed by atoms with Crippen molar-refractivity contribution in [3.05, 3.63) is 57.7 Å². The Morgan fingerprint density at radius 1 is 1.36 bits per heavy atom. The molecular formula is C16H17BrN2O3. The summed E-state index contributed by atoms with van der Waals surface area (Å²) in [4.78, 5) is 24.0. The van der Waals surface area contributed by atoms with E-state index in [0.717, 1.165) is 10.0 Å². The first-order chi connectivity index (χ1) is 10.5. The van der Waals surface area contributed by atoms with Crippen LogP contribution in [0.3, 0.4) is 0 Å². The van der Waals surface area contributed by atoms with Crippen molar-refractivity contribution in [3.63, 3.8) is 0 Å². The molecule has 1 aromatic carbocycles. The molecule has 0 aliphatic carbocycles.